The number of benzene rings is 1. The van der Waals surface area contributed by atoms with Crippen LogP contribution in [0.15, 0.2) is 36.9 Å². The topological polar surface area (TPSA) is 50.4 Å². The van der Waals surface area contributed by atoms with Crippen molar-refractivity contribution in [2.24, 2.45) is 0 Å². The Bertz CT molecular complexity index is 459. The molecule has 0 atom stereocenters. The molecule has 1 aromatic carbocycles. The molecule has 7 heteroatoms. The highest BCUT2D eigenvalue weighted by Gasteiger charge is 2.21. The third kappa shape index (κ3) is 7.46. The van der Waals surface area contributed by atoms with Gasteiger partial charge in [-0.3, -0.25) is 4.57 Å². The molecule has 0 fully saturated rings. The Kier molecular flexibility index (Phi) is 9.25. The summed E-state index contributed by atoms with van der Waals surface area (Å²) in [6.45, 7) is 5.11. The molecule has 0 radical (unpaired) electrons. The van der Waals surface area contributed by atoms with Crippen LogP contribution >= 0.6 is 30.9 Å². The molecule has 0 saturated heterocycles. The first-order valence-electron chi connectivity index (χ1n) is 6.71. The average Bonchev–Trinajstić information content (AvgIpc) is 2.52. The number of hydrogen-bond acceptors (Lipinski definition) is 2. The van der Waals surface area contributed by atoms with E-state index in [0.717, 1.165) is 11.1 Å². The monoisotopic (exact) mass is 350 g/mol. The van der Waals surface area contributed by atoms with E-state index >= 15 is 0 Å². The molecule has 0 aromatic heterocycles. The number of halogens is 2. The highest BCUT2D eigenvalue weighted by atomic mass is 35.5. The molecule has 1 aromatic rings. The second-order valence-corrected chi connectivity index (χ2v) is 7.05. The summed E-state index contributed by atoms with van der Waals surface area (Å²) in [5.74, 6) is 0.708. The summed E-state index contributed by atoms with van der Waals surface area (Å²) in [6.07, 6.45) is 0.596. The second kappa shape index (κ2) is 10.4. The highest BCUT2D eigenvalue weighted by Crippen LogP contribution is 2.37. The highest BCUT2D eigenvalue weighted by molar-refractivity contribution is 7.54. The van der Waals surface area contributed by atoms with Crippen molar-refractivity contribution in [3.05, 3.63) is 42.5 Å². The van der Waals surface area contributed by atoms with E-state index in [1.54, 1.807) is 0 Å². The Balaban J connectivity index is 2.45. The van der Waals surface area contributed by atoms with Crippen molar-refractivity contribution in [1.29, 1.82) is 0 Å². The normalized spacial score (nSPS) is 11.5. The third-order valence-electron chi connectivity index (χ3n) is 2.69. The molecule has 2 N–H and O–H groups in total. The van der Waals surface area contributed by atoms with E-state index in [4.69, 9.17) is 27.7 Å². The van der Waals surface area contributed by atoms with Gasteiger partial charge in [0.2, 0.25) is 0 Å². The zero-order chi connectivity index (χ0) is 15.6. The first-order valence-corrected chi connectivity index (χ1v) is 9.40. The maximum absolute atomic E-state index is 12.5. The lowest BCUT2D eigenvalue weighted by molar-refractivity contribution is 0.306. The lowest BCUT2D eigenvalue weighted by atomic mass is 10.1. The number of hydrogen-bond donors (Lipinski definition) is 2. The zero-order valence-corrected chi connectivity index (χ0v) is 14.3. The van der Waals surface area contributed by atoms with Gasteiger partial charge < -0.3 is 4.52 Å². The SMILES string of the molecule is C=C(CCOP(=O)(NCCCl)NCCCl)c1ccccc1. The fraction of sp³-hybridized carbons (Fsp3) is 0.429. The van der Waals surface area contributed by atoms with E-state index in [9.17, 15) is 4.57 Å². The molecule has 0 bridgehead atoms. The van der Waals surface area contributed by atoms with Gasteiger partial charge in [0.25, 0.3) is 0 Å². The van der Waals surface area contributed by atoms with Crippen molar-refractivity contribution in [2.45, 2.75) is 6.42 Å². The molecule has 21 heavy (non-hydrogen) atoms. The van der Waals surface area contributed by atoms with Gasteiger partial charge in [-0.25, -0.2) is 10.2 Å². The van der Waals surface area contributed by atoms with E-state index in [2.05, 4.69) is 16.8 Å². The lowest BCUT2D eigenvalue weighted by Crippen LogP contribution is -2.27. The Morgan fingerprint density at radius 2 is 1.71 bits per heavy atom. The Morgan fingerprint density at radius 3 is 2.24 bits per heavy atom. The van der Waals surface area contributed by atoms with Crippen molar-refractivity contribution in [1.82, 2.24) is 10.2 Å². The summed E-state index contributed by atoms with van der Waals surface area (Å²) in [4.78, 5) is 0. The van der Waals surface area contributed by atoms with E-state index in [-0.39, 0.29) is 0 Å². The zero-order valence-electron chi connectivity index (χ0n) is 11.9. The van der Waals surface area contributed by atoms with Crippen molar-refractivity contribution in [3.63, 3.8) is 0 Å². The van der Waals surface area contributed by atoms with Gasteiger partial charge in [-0.05, 0) is 17.6 Å². The van der Waals surface area contributed by atoms with Gasteiger partial charge in [0, 0.05) is 24.8 Å². The van der Waals surface area contributed by atoms with Crippen LogP contribution in [0.3, 0.4) is 0 Å². The first kappa shape index (κ1) is 18.7. The molecular weight excluding hydrogens is 330 g/mol. The van der Waals surface area contributed by atoms with Crippen molar-refractivity contribution in [2.75, 3.05) is 31.5 Å². The summed E-state index contributed by atoms with van der Waals surface area (Å²) in [5, 5.41) is 5.59. The van der Waals surface area contributed by atoms with Crippen LogP contribution in [0.5, 0.6) is 0 Å². The Morgan fingerprint density at radius 1 is 1.14 bits per heavy atom. The lowest BCUT2D eigenvalue weighted by Gasteiger charge is -2.20. The minimum absolute atomic E-state index is 0.301. The van der Waals surface area contributed by atoms with E-state index in [0.29, 0.717) is 37.9 Å². The largest absolute Gasteiger partial charge is 0.340 e. The second-order valence-electron chi connectivity index (χ2n) is 4.30. The van der Waals surface area contributed by atoms with Crippen LogP contribution in [0.4, 0.5) is 0 Å². The molecule has 0 aliphatic heterocycles. The van der Waals surface area contributed by atoms with Crippen molar-refractivity contribution >= 4 is 36.4 Å². The fourth-order valence-electron chi connectivity index (χ4n) is 1.64. The van der Waals surface area contributed by atoms with E-state index in [1.807, 2.05) is 30.3 Å². The Hall–Kier alpha value is -0.350. The average molecular weight is 351 g/mol. The maximum atomic E-state index is 12.5. The van der Waals surface area contributed by atoms with Crippen molar-refractivity contribution in [3.8, 4) is 0 Å². The summed E-state index contributed by atoms with van der Waals surface area (Å²) < 4.78 is 17.9. The van der Waals surface area contributed by atoms with Gasteiger partial charge in [-0.2, -0.15) is 0 Å². The molecule has 0 unspecified atom stereocenters. The third-order valence-corrected chi connectivity index (χ3v) is 4.89. The number of nitrogens with one attached hydrogen (secondary N) is 2. The smallest absolute Gasteiger partial charge is 0.306 e. The summed E-state index contributed by atoms with van der Waals surface area (Å²) in [6, 6.07) is 9.83. The van der Waals surface area contributed by atoms with Crippen LogP contribution in [-0.4, -0.2) is 31.5 Å². The summed E-state index contributed by atoms with van der Waals surface area (Å²) in [7, 11) is -3.11. The predicted molar refractivity (Wildman–Crippen MR) is 91.1 cm³/mol. The molecule has 0 heterocycles. The maximum Gasteiger partial charge on any atom is 0.340 e. The molecule has 118 valence electrons. The molecule has 0 saturated carbocycles. The molecule has 1 rings (SSSR count). The van der Waals surface area contributed by atoms with Gasteiger partial charge in [0.05, 0.1) is 6.61 Å². The molecule has 0 aliphatic rings. The number of rotatable bonds is 11. The summed E-state index contributed by atoms with van der Waals surface area (Å²) >= 11 is 11.2. The minimum atomic E-state index is -3.11. The molecule has 0 aliphatic carbocycles. The summed E-state index contributed by atoms with van der Waals surface area (Å²) in [5.41, 5.74) is 2.00. The number of alkyl halides is 2. The van der Waals surface area contributed by atoms with Crippen LogP contribution in [0.25, 0.3) is 5.57 Å². The minimum Gasteiger partial charge on any atom is -0.306 e. The molecular formula is C14H21Cl2N2O2P. The van der Waals surface area contributed by atoms with Gasteiger partial charge in [-0.15, -0.1) is 23.2 Å². The molecule has 0 spiro atoms. The van der Waals surface area contributed by atoms with E-state index in [1.165, 1.54) is 0 Å². The van der Waals surface area contributed by atoms with E-state index < -0.39 is 7.67 Å². The van der Waals surface area contributed by atoms with Crippen LogP contribution < -0.4 is 10.2 Å². The van der Waals surface area contributed by atoms with Crippen LogP contribution in [0, 0.1) is 0 Å². The quantitative estimate of drug-likeness (QED) is 0.469. The van der Waals surface area contributed by atoms with Gasteiger partial charge in [0.1, 0.15) is 0 Å². The fourth-order valence-corrected chi connectivity index (χ4v) is 3.55. The standard InChI is InChI=1S/C14H21Cl2N2O2P/c1-13(14-5-3-2-4-6-14)7-12-20-21(19,17-10-8-15)18-11-9-16/h2-6H,1,7-12H2,(H2,17,18,19). The predicted octanol–water partition coefficient (Wildman–Crippen LogP) is 3.87. The van der Waals surface area contributed by atoms with Gasteiger partial charge in [0.15, 0.2) is 0 Å². The first-order chi connectivity index (χ1) is 10.1. The van der Waals surface area contributed by atoms with Gasteiger partial charge in [-0.1, -0.05) is 36.9 Å². The van der Waals surface area contributed by atoms with Crippen molar-refractivity contribution < 1.29 is 9.09 Å². The Labute approximate surface area is 136 Å². The molecule has 4 nitrogen and oxygen atoms in total. The molecule has 0 amide bonds. The van der Waals surface area contributed by atoms with Crippen LogP contribution in [0.1, 0.15) is 12.0 Å². The van der Waals surface area contributed by atoms with Crippen LogP contribution in [0.2, 0.25) is 0 Å². The van der Waals surface area contributed by atoms with Gasteiger partial charge >= 0.3 is 7.67 Å². The van der Waals surface area contributed by atoms with Crippen LogP contribution in [-0.2, 0) is 9.09 Å².